The highest BCUT2D eigenvalue weighted by atomic mass is 16.5. The number of hydrogen-bond acceptors (Lipinski definition) is 4. The van der Waals surface area contributed by atoms with E-state index in [4.69, 9.17) is 19.9 Å². The van der Waals surface area contributed by atoms with E-state index in [-0.39, 0.29) is 0 Å². The molecule has 2 rings (SSSR count). The summed E-state index contributed by atoms with van der Waals surface area (Å²) in [5, 5.41) is 0. The van der Waals surface area contributed by atoms with Gasteiger partial charge in [-0.3, -0.25) is 0 Å². The summed E-state index contributed by atoms with van der Waals surface area (Å²) in [6.07, 6.45) is 0. The molecule has 0 atom stereocenters. The summed E-state index contributed by atoms with van der Waals surface area (Å²) >= 11 is 0. The van der Waals surface area contributed by atoms with E-state index in [0.717, 1.165) is 11.5 Å². The molecule has 0 unspecified atom stereocenters. The fraction of sp³-hybridized carbons (Fsp3) is 0.294. The van der Waals surface area contributed by atoms with Crippen LogP contribution in [0, 0.1) is 5.92 Å². The Morgan fingerprint density at radius 2 is 1.57 bits per heavy atom. The Kier molecular flexibility index (Phi) is 4.93. The monoisotopic (exact) mass is 287 g/mol. The largest absolute Gasteiger partial charge is 0.497 e. The quantitative estimate of drug-likeness (QED) is 0.812. The number of benzene rings is 2. The standard InChI is InChI=1S/C17H21NO3/c1-12(2)11-20-15-8-9-17(16(18)10-15)21-14-6-4-13(19-3)5-7-14/h4-10,12H,11,18H2,1-3H3. The first-order valence-electron chi connectivity index (χ1n) is 6.92. The lowest BCUT2D eigenvalue weighted by atomic mass is 10.2. The van der Waals surface area contributed by atoms with Crippen molar-refractivity contribution >= 4 is 5.69 Å². The van der Waals surface area contributed by atoms with Crippen molar-refractivity contribution in [1.29, 1.82) is 0 Å². The second-order valence-electron chi connectivity index (χ2n) is 5.18. The van der Waals surface area contributed by atoms with Crippen molar-refractivity contribution in [2.45, 2.75) is 13.8 Å². The predicted molar refractivity (Wildman–Crippen MR) is 84.3 cm³/mol. The number of anilines is 1. The molecule has 0 saturated heterocycles. The van der Waals surface area contributed by atoms with Gasteiger partial charge in [0.05, 0.1) is 19.4 Å². The predicted octanol–water partition coefficient (Wildman–Crippen LogP) is 4.10. The summed E-state index contributed by atoms with van der Waals surface area (Å²) in [7, 11) is 1.63. The van der Waals surface area contributed by atoms with Crippen LogP contribution < -0.4 is 19.9 Å². The highest BCUT2D eigenvalue weighted by Crippen LogP contribution is 2.31. The average Bonchev–Trinajstić information content (AvgIpc) is 2.48. The maximum atomic E-state index is 6.00. The van der Waals surface area contributed by atoms with Crippen molar-refractivity contribution < 1.29 is 14.2 Å². The van der Waals surface area contributed by atoms with Crippen LogP contribution in [0.3, 0.4) is 0 Å². The molecule has 2 aromatic rings. The normalized spacial score (nSPS) is 10.5. The SMILES string of the molecule is COc1ccc(Oc2ccc(OCC(C)C)cc2N)cc1. The van der Waals surface area contributed by atoms with Crippen LogP contribution >= 0.6 is 0 Å². The molecule has 4 heteroatoms. The molecule has 0 aromatic heterocycles. The first kappa shape index (κ1) is 15.0. The molecule has 2 aromatic carbocycles. The average molecular weight is 287 g/mol. The molecule has 0 aliphatic heterocycles. The number of nitrogen functional groups attached to an aromatic ring is 1. The maximum Gasteiger partial charge on any atom is 0.150 e. The summed E-state index contributed by atoms with van der Waals surface area (Å²) in [4.78, 5) is 0. The van der Waals surface area contributed by atoms with Gasteiger partial charge in [-0.05, 0) is 42.3 Å². The van der Waals surface area contributed by atoms with E-state index >= 15 is 0 Å². The van der Waals surface area contributed by atoms with Crippen molar-refractivity contribution in [2.75, 3.05) is 19.5 Å². The van der Waals surface area contributed by atoms with Crippen LogP contribution in [0.15, 0.2) is 42.5 Å². The summed E-state index contributed by atoms with van der Waals surface area (Å²) in [5.41, 5.74) is 6.55. The minimum absolute atomic E-state index is 0.474. The number of methoxy groups -OCH3 is 1. The van der Waals surface area contributed by atoms with E-state index in [1.165, 1.54) is 0 Å². The van der Waals surface area contributed by atoms with Crippen LogP contribution in [0.1, 0.15) is 13.8 Å². The number of nitrogens with two attached hydrogens (primary N) is 1. The molecule has 0 aliphatic rings. The summed E-state index contributed by atoms with van der Waals surface area (Å²) < 4.78 is 16.5. The summed E-state index contributed by atoms with van der Waals surface area (Å²) in [6, 6.07) is 12.8. The summed E-state index contributed by atoms with van der Waals surface area (Å²) in [5.74, 6) is 3.33. The van der Waals surface area contributed by atoms with Crippen LogP contribution in [0.5, 0.6) is 23.0 Å². The molecule has 0 radical (unpaired) electrons. The molecule has 4 nitrogen and oxygen atoms in total. The Balaban J connectivity index is 2.06. The van der Waals surface area contributed by atoms with Gasteiger partial charge >= 0.3 is 0 Å². The minimum atomic E-state index is 0.474. The number of hydrogen-bond donors (Lipinski definition) is 1. The maximum absolute atomic E-state index is 6.00. The van der Waals surface area contributed by atoms with Gasteiger partial charge in [-0.25, -0.2) is 0 Å². The molecule has 0 saturated carbocycles. The number of rotatable bonds is 6. The van der Waals surface area contributed by atoms with E-state index in [2.05, 4.69) is 13.8 Å². The molecule has 112 valence electrons. The lowest BCUT2D eigenvalue weighted by Gasteiger charge is -2.12. The van der Waals surface area contributed by atoms with Gasteiger partial charge in [0, 0.05) is 6.07 Å². The van der Waals surface area contributed by atoms with Crippen molar-refractivity contribution in [3.8, 4) is 23.0 Å². The summed E-state index contributed by atoms with van der Waals surface area (Å²) in [6.45, 7) is 4.87. The molecule has 0 amide bonds. The van der Waals surface area contributed by atoms with Crippen LogP contribution in [0.4, 0.5) is 5.69 Å². The van der Waals surface area contributed by atoms with Gasteiger partial charge in [-0.1, -0.05) is 13.8 Å². The second-order valence-corrected chi connectivity index (χ2v) is 5.18. The van der Waals surface area contributed by atoms with E-state index in [1.807, 2.05) is 36.4 Å². The van der Waals surface area contributed by atoms with Gasteiger partial charge in [-0.2, -0.15) is 0 Å². The Hall–Kier alpha value is -2.36. The highest BCUT2D eigenvalue weighted by molar-refractivity contribution is 5.57. The number of ether oxygens (including phenoxy) is 3. The van der Waals surface area contributed by atoms with Crippen molar-refractivity contribution in [3.05, 3.63) is 42.5 Å². The lowest BCUT2D eigenvalue weighted by molar-refractivity contribution is 0.271. The topological polar surface area (TPSA) is 53.7 Å². The van der Waals surface area contributed by atoms with Crippen LogP contribution in [-0.2, 0) is 0 Å². The first-order chi connectivity index (χ1) is 10.1. The third-order valence-electron chi connectivity index (χ3n) is 2.85. The molecule has 0 bridgehead atoms. The molecular formula is C17H21NO3. The Labute approximate surface area is 125 Å². The highest BCUT2D eigenvalue weighted by Gasteiger charge is 2.05. The van der Waals surface area contributed by atoms with E-state index < -0.39 is 0 Å². The molecule has 0 spiro atoms. The van der Waals surface area contributed by atoms with E-state index in [0.29, 0.717) is 29.7 Å². The minimum Gasteiger partial charge on any atom is -0.497 e. The Bertz CT molecular complexity index is 579. The molecular weight excluding hydrogens is 266 g/mol. The van der Waals surface area contributed by atoms with Gasteiger partial charge in [0.2, 0.25) is 0 Å². The van der Waals surface area contributed by atoms with Crippen LogP contribution in [0.2, 0.25) is 0 Å². The smallest absolute Gasteiger partial charge is 0.150 e. The van der Waals surface area contributed by atoms with Gasteiger partial charge in [0.1, 0.15) is 17.2 Å². The molecule has 0 heterocycles. The van der Waals surface area contributed by atoms with Crippen molar-refractivity contribution in [2.24, 2.45) is 5.92 Å². The van der Waals surface area contributed by atoms with Crippen molar-refractivity contribution in [1.82, 2.24) is 0 Å². The molecule has 0 fully saturated rings. The molecule has 21 heavy (non-hydrogen) atoms. The Morgan fingerprint density at radius 1 is 0.952 bits per heavy atom. The fourth-order valence-electron chi connectivity index (χ4n) is 1.74. The zero-order valence-corrected chi connectivity index (χ0v) is 12.6. The zero-order valence-electron chi connectivity index (χ0n) is 12.6. The van der Waals surface area contributed by atoms with Gasteiger partial charge in [-0.15, -0.1) is 0 Å². The Morgan fingerprint density at radius 3 is 2.14 bits per heavy atom. The first-order valence-corrected chi connectivity index (χ1v) is 6.92. The van der Waals surface area contributed by atoms with Gasteiger partial charge < -0.3 is 19.9 Å². The third kappa shape index (κ3) is 4.31. The van der Waals surface area contributed by atoms with E-state index in [1.54, 1.807) is 13.2 Å². The van der Waals surface area contributed by atoms with Gasteiger partial charge in [0.15, 0.2) is 5.75 Å². The zero-order chi connectivity index (χ0) is 15.2. The lowest BCUT2D eigenvalue weighted by Crippen LogP contribution is -2.04. The fourth-order valence-corrected chi connectivity index (χ4v) is 1.74. The van der Waals surface area contributed by atoms with Crippen molar-refractivity contribution in [3.63, 3.8) is 0 Å². The molecule has 2 N–H and O–H groups in total. The van der Waals surface area contributed by atoms with Gasteiger partial charge in [0.25, 0.3) is 0 Å². The van der Waals surface area contributed by atoms with Crippen LogP contribution in [-0.4, -0.2) is 13.7 Å². The molecule has 0 aliphatic carbocycles. The third-order valence-corrected chi connectivity index (χ3v) is 2.85. The van der Waals surface area contributed by atoms with E-state index in [9.17, 15) is 0 Å². The second kappa shape index (κ2) is 6.88. The van der Waals surface area contributed by atoms with Crippen LogP contribution in [0.25, 0.3) is 0 Å².